The van der Waals surface area contributed by atoms with E-state index >= 15 is 0 Å². The fraction of sp³-hybridized carbons (Fsp3) is 0.364. The van der Waals surface area contributed by atoms with Crippen molar-refractivity contribution in [3.05, 3.63) is 33.4 Å². The fourth-order valence-corrected chi connectivity index (χ4v) is 2.53. The van der Waals surface area contributed by atoms with E-state index in [0.717, 1.165) is 18.9 Å². The van der Waals surface area contributed by atoms with Crippen molar-refractivity contribution < 1.29 is 0 Å². The van der Waals surface area contributed by atoms with Gasteiger partial charge in [-0.1, -0.05) is 25.1 Å². The summed E-state index contributed by atoms with van der Waals surface area (Å²) in [7, 11) is 0. The highest BCUT2D eigenvalue weighted by Crippen LogP contribution is 2.22. The first kappa shape index (κ1) is 9.96. The normalized spacial score (nSPS) is 17.4. The van der Waals surface area contributed by atoms with Crippen LogP contribution in [0, 0.1) is 3.57 Å². The third kappa shape index (κ3) is 1.92. The van der Waals surface area contributed by atoms with Crippen LogP contribution in [0.5, 0.6) is 0 Å². The van der Waals surface area contributed by atoms with Gasteiger partial charge in [0.2, 0.25) is 0 Å². The van der Waals surface area contributed by atoms with E-state index in [4.69, 9.17) is 0 Å². The van der Waals surface area contributed by atoms with Crippen molar-refractivity contribution >= 4 is 28.4 Å². The molecule has 0 radical (unpaired) electrons. The van der Waals surface area contributed by atoms with Gasteiger partial charge in [-0.2, -0.15) is 0 Å². The highest BCUT2D eigenvalue weighted by atomic mass is 127. The van der Waals surface area contributed by atoms with Crippen LogP contribution in [0.4, 0.5) is 0 Å². The average molecular weight is 300 g/mol. The number of hydrogen-bond donors (Lipinski definition) is 1. The van der Waals surface area contributed by atoms with Crippen LogP contribution in [0.3, 0.4) is 0 Å². The lowest BCUT2D eigenvalue weighted by Gasteiger charge is -2.14. The molecule has 0 saturated carbocycles. The summed E-state index contributed by atoms with van der Waals surface area (Å²) in [4.78, 5) is 4.46. The molecule has 1 aliphatic rings. The monoisotopic (exact) mass is 300 g/mol. The van der Waals surface area contributed by atoms with Crippen LogP contribution in [-0.2, 0) is 0 Å². The summed E-state index contributed by atoms with van der Waals surface area (Å²) in [6.07, 6.45) is 0. The molecule has 1 aromatic carbocycles. The second-order valence-corrected chi connectivity index (χ2v) is 4.60. The Labute approximate surface area is 98.0 Å². The van der Waals surface area contributed by atoms with E-state index < -0.39 is 0 Å². The minimum atomic E-state index is 0.394. The van der Waals surface area contributed by atoms with Gasteiger partial charge < -0.3 is 5.32 Å². The van der Waals surface area contributed by atoms with Crippen molar-refractivity contribution in [1.29, 1.82) is 0 Å². The lowest BCUT2D eigenvalue weighted by Crippen LogP contribution is -2.24. The highest BCUT2D eigenvalue weighted by Gasteiger charge is 2.17. The van der Waals surface area contributed by atoms with Crippen molar-refractivity contribution in [2.75, 3.05) is 13.1 Å². The summed E-state index contributed by atoms with van der Waals surface area (Å²) in [5.74, 6) is 1.53. The molecule has 1 atom stereocenters. The quantitative estimate of drug-likeness (QED) is 0.833. The van der Waals surface area contributed by atoms with Crippen molar-refractivity contribution in [2.45, 2.75) is 12.8 Å². The Morgan fingerprint density at radius 2 is 2.21 bits per heavy atom. The van der Waals surface area contributed by atoms with E-state index in [0.29, 0.717) is 5.92 Å². The Hall–Kier alpha value is -0.580. The smallest absolute Gasteiger partial charge is 0.104 e. The van der Waals surface area contributed by atoms with E-state index in [2.05, 4.69) is 64.1 Å². The first-order chi connectivity index (χ1) is 6.79. The third-order valence-electron chi connectivity index (χ3n) is 2.48. The average Bonchev–Trinajstić information content (AvgIpc) is 2.70. The zero-order valence-electron chi connectivity index (χ0n) is 8.13. The maximum atomic E-state index is 4.46. The molecule has 3 heteroatoms. The molecule has 1 N–H and O–H groups in total. The maximum Gasteiger partial charge on any atom is 0.104 e. The van der Waals surface area contributed by atoms with Crippen LogP contribution >= 0.6 is 22.6 Å². The molecule has 1 unspecified atom stereocenters. The molecule has 0 saturated heterocycles. The van der Waals surface area contributed by atoms with Crippen LogP contribution in [0.25, 0.3) is 0 Å². The topological polar surface area (TPSA) is 24.4 Å². The highest BCUT2D eigenvalue weighted by molar-refractivity contribution is 14.1. The van der Waals surface area contributed by atoms with Crippen molar-refractivity contribution in [1.82, 2.24) is 5.32 Å². The number of nitrogens with one attached hydrogen (secondary N) is 1. The molecule has 0 aromatic heterocycles. The summed E-state index contributed by atoms with van der Waals surface area (Å²) in [5, 5.41) is 3.33. The molecule has 74 valence electrons. The van der Waals surface area contributed by atoms with Crippen LogP contribution in [0.1, 0.15) is 18.4 Å². The number of benzene rings is 1. The molecule has 2 rings (SSSR count). The van der Waals surface area contributed by atoms with Gasteiger partial charge in [0.15, 0.2) is 0 Å². The summed E-state index contributed by atoms with van der Waals surface area (Å²) in [5.41, 5.74) is 1.36. The molecule has 1 aliphatic heterocycles. The van der Waals surface area contributed by atoms with Crippen molar-refractivity contribution in [3.63, 3.8) is 0 Å². The molecule has 14 heavy (non-hydrogen) atoms. The largest absolute Gasteiger partial charge is 0.371 e. The van der Waals surface area contributed by atoms with Gasteiger partial charge in [-0.3, -0.25) is 4.99 Å². The SMILES string of the molecule is CC(C1=NCCN1)c1ccccc1I. The van der Waals surface area contributed by atoms with Gasteiger partial charge in [0, 0.05) is 16.0 Å². The molecule has 0 spiro atoms. The Balaban J connectivity index is 2.26. The minimum Gasteiger partial charge on any atom is -0.371 e. The van der Waals surface area contributed by atoms with E-state index in [1.54, 1.807) is 0 Å². The van der Waals surface area contributed by atoms with Gasteiger partial charge in [-0.05, 0) is 34.2 Å². The Bertz CT molecular complexity index is 360. The van der Waals surface area contributed by atoms with E-state index in [9.17, 15) is 0 Å². The summed E-state index contributed by atoms with van der Waals surface area (Å²) >= 11 is 2.38. The zero-order valence-corrected chi connectivity index (χ0v) is 10.3. The standard InChI is InChI=1S/C11H13IN2/c1-8(11-13-6-7-14-11)9-4-2-3-5-10(9)12/h2-5,8H,6-7H2,1H3,(H,13,14). The van der Waals surface area contributed by atoms with E-state index in [-0.39, 0.29) is 0 Å². The number of aliphatic imine (C=N–C) groups is 1. The first-order valence-electron chi connectivity index (χ1n) is 4.81. The number of nitrogens with zero attached hydrogens (tertiary/aromatic N) is 1. The van der Waals surface area contributed by atoms with Gasteiger partial charge in [0.25, 0.3) is 0 Å². The van der Waals surface area contributed by atoms with Crippen LogP contribution < -0.4 is 5.32 Å². The molecule has 0 bridgehead atoms. The molecular weight excluding hydrogens is 287 g/mol. The molecule has 0 fully saturated rings. The Kier molecular flexibility index (Phi) is 3.05. The van der Waals surface area contributed by atoms with E-state index in [1.165, 1.54) is 9.13 Å². The lowest BCUT2D eigenvalue weighted by atomic mass is 10.0. The van der Waals surface area contributed by atoms with Crippen molar-refractivity contribution in [3.8, 4) is 0 Å². The predicted octanol–water partition coefficient (Wildman–Crippen LogP) is 2.40. The van der Waals surface area contributed by atoms with Gasteiger partial charge in [0.1, 0.15) is 5.84 Å². The number of amidine groups is 1. The Morgan fingerprint density at radius 3 is 2.86 bits per heavy atom. The summed E-state index contributed by atoms with van der Waals surface area (Å²) < 4.78 is 1.31. The minimum absolute atomic E-state index is 0.394. The molecule has 1 aromatic rings. The fourth-order valence-electron chi connectivity index (χ4n) is 1.68. The first-order valence-corrected chi connectivity index (χ1v) is 5.89. The molecule has 2 nitrogen and oxygen atoms in total. The second-order valence-electron chi connectivity index (χ2n) is 3.44. The number of hydrogen-bond acceptors (Lipinski definition) is 2. The third-order valence-corrected chi connectivity index (χ3v) is 3.46. The second kappa shape index (κ2) is 4.29. The summed E-state index contributed by atoms with van der Waals surface area (Å²) in [6.45, 7) is 4.11. The van der Waals surface area contributed by atoms with Gasteiger partial charge in [-0.25, -0.2) is 0 Å². The molecular formula is C11H13IN2. The van der Waals surface area contributed by atoms with E-state index in [1.807, 2.05) is 0 Å². The predicted molar refractivity (Wildman–Crippen MR) is 67.9 cm³/mol. The lowest BCUT2D eigenvalue weighted by molar-refractivity contribution is 0.916. The number of rotatable bonds is 2. The van der Waals surface area contributed by atoms with Crippen LogP contribution in [0.15, 0.2) is 29.3 Å². The molecule has 0 aliphatic carbocycles. The van der Waals surface area contributed by atoms with Gasteiger partial charge >= 0.3 is 0 Å². The molecule has 0 amide bonds. The van der Waals surface area contributed by atoms with Crippen LogP contribution in [-0.4, -0.2) is 18.9 Å². The molecule has 1 heterocycles. The van der Waals surface area contributed by atoms with Gasteiger partial charge in [-0.15, -0.1) is 0 Å². The van der Waals surface area contributed by atoms with Crippen LogP contribution in [0.2, 0.25) is 0 Å². The Morgan fingerprint density at radius 1 is 1.43 bits per heavy atom. The maximum absolute atomic E-state index is 4.46. The summed E-state index contributed by atoms with van der Waals surface area (Å²) in [6, 6.07) is 8.47. The van der Waals surface area contributed by atoms with Gasteiger partial charge in [0.05, 0.1) is 6.54 Å². The number of halogens is 1. The zero-order chi connectivity index (χ0) is 9.97. The van der Waals surface area contributed by atoms with Crippen molar-refractivity contribution in [2.24, 2.45) is 4.99 Å².